The number of hydrogen-bond donors (Lipinski definition) is 8. The molecule has 2 saturated heterocycles. The van der Waals surface area contributed by atoms with Crippen LogP contribution in [0.15, 0.2) is 11.4 Å². The molecule has 0 aromatic carbocycles. The molecule has 0 aliphatic carbocycles. The van der Waals surface area contributed by atoms with Gasteiger partial charge in [-0.25, -0.2) is 0 Å². The van der Waals surface area contributed by atoms with Crippen LogP contribution in [0.2, 0.25) is 0 Å². The number of amidine groups is 1. The topological polar surface area (TPSA) is 184 Å². The van der Waals surface area contributed by atoms with Gasteiger partial charge in [0.25, 0.3) is 5.91 Å². The molecule has 2 fully saturated rings. The van der Waals surface area contributed by atoms with Crippen molar-refractivity contribution in [1.29, 1.82) is 5.41 Å². The van der Waals surface area contributed by atoms with Crippen molar-refractivity contribution in [1.82, 2.24) is 15.5 Å². The molecule has 2 rings (SSSR count). The molecule has 26 heavy (non-hydrogen) atoms. The Hall–Kier alpha value is -1.92. The smallest absolute Gasteiger partial charge is 0.271 e. The summed E-state index contributed by atoms with van der Waals surface area (Å²) in [5.41, 5.74) is 5.57. The number of likely N-dealkylation sites (tertiary alicyclic amines) is 1. The zero-order chi connectivity index (χ0) is 19.3. The molecule has 148 valence electrons. The molecule has 4 unspecified atom stereocenters. The number of carbonyl (C=O) groups is 1. The molecule has 0 spiro atoms. The first-order valence-corrected chi connectivity index (χ1v) is 8.52. The summed E-state index contributed by atoms with van der Waals surface area (Å²) in [5.74, 6) is -0.842. The Bertz CT molecular complexity index is 551. The Morgan fingerprint density at radius 3 is 2.38 bits per heavy atom. The summed E-state index contributed by atoms with van der Waals surface area (Å²) in [5, 5.41) is 50.8. The Labute approximate surface area is 150 Å². The minimum absolute atomic E-state index is 0.0306. The lowest BCUT2D eigenvalue weighted by Gasteiger charge is -2.29. The van der Waals surface area contributed by atoms with Gasteiger partial charge < -0.3 is 46.4 Å². The Morgan fingerprint density at radius 2 is 1.85 bits per heavy atom. The van der Waals surface area contributed by atoms with Crippen LogP contribution in [-0.2, 0) is 9.53 Å². The summed E-state index contributed by atoms with van der Waals surface area (Å²) in [6, 6.07) is 0. The second-order valence-corrected chi connectivity index (χ2v) is 6.25. The van der Waals surface area contributed by atoms with Gasteiger partial charge in [0, 0.05) is 13.1 Å². The first-order chi connectivity index (χ1) is 12.4. The van der Waals surface area contributed by atoms with Gasteiger partial charge in [-0.3, -0.25) is 10.2 Å². The third-order valence-electron chi connectivity index (χ3n) is 4.50. The van der Waals surface area contributed by atoms with Crippen molar-refractivity contribution in [2.75, 3.05) is 26.4 Å². The van der Waals surface area contributed by atoms with E-state index in [1.165, 1.54) is 0 Å². The lowest BCUT2D eigenvalue weighted by Crippen LogP contribution is -2.48. The fourth-order valence-electron chi connectivity index (χ4n) is 3.00. The molecule has 0 radical (unpaired) electrons. The summed E-state index contributed by atoms with van der Waals surface area (Å²) in [4.78, 5) is 14.2. The van der Waals surface area contributed by atoms with Gasteiger partial charge >= 0.3 is 0 Å². The number of carbonyl (C=O) groups excluding carboxylic acids is 1. The zero-order valence-electron chi connectivity index (χ0n) is 14.4. The van der Waals surface area contributed by atoms with Crippen molar-refractivity contribution in [2.45, 2.75) is 43.8 Å². The van der Waals surface area contributed by atoms with E-state index in [2.05, 4.69) is 10.6 Å². The van der Waals surface area contributed by atoms with E-state index in [9.17, 15) is 15.0 Å². The molecule has 0 bridgehead atoms. The highest BCUT2D eigenvalue weighted by molar-refractivity contribution is 6.04. The number of nitrogens with zero attached hydrogens (tertiary/aromatic N) is 1. The third kappa shape index (κ3) is 4.43. The summed E-state index contributed by atoms with van der Waals surface area (Å²) in [6.45, 7) is 0.196. The van der Waals surface area contributed by atoms with Crippen LogP contribution in [0.5, 0.6) is 0 Å². The second kappa shape index (κ2) is 9.14. The number of piperidine rings is 1. The monoisotopic (exact) mass is 373 g/mol. The number of ether oxygens (including phenoxy) is 1. The highest BCUT2D eigenvalue weighted by Gasteiger charge is 2.43. The van der Waals surface area contributed by atoms with Gasteiger partial charge in [-0.15, -0.1) is 0 Å². The fraction of sp³-hybridized carbons (Fsp3) is 0.733. The number of rotatable bonds is 6. The molecule has 0 aromatic rings. The van der Waals surface area contributed by atoms with Crippen molar-refractivity contribution in [3.8, 4) is 0 Å². The highest BCUT2D eigenvalue weighted by atomic mass is 16.6. The van der Waals surface area contributed by atoms with Crippen LogP contribution in [0.25, 0.3) is 0 Å². The fourth-order valence-corrected chi connectivity index (χ4v) is 3.00. The number of aliphatic hydroxyl groups is 4. The van der Waals surface area contributed by atoms with E-state index in [1.807, 2.05) is 0 Å². The molecule has 4 atom stereocenters. The van der Waals surface area contributed by atoms with Crippen molar-refractivity contribution < 1.29 is 30.0 Å². The third-order valence-corrected chi connectivity index (χ3v) is 4.50. The maximum absolute atomic E-state index is 12.5. The van der Waals surface area contributed by atoms with E-state index in [1.54, 1.807) is 4.90 Å². The van der Waals surface area contributed by atoms with Gasteiger partial charge in [0.2, 0.25) is 0 Å². The number of nitrogens with one attached hydrogen (secondary N) is 3. The van der Waals surface area contributed by atoms with Crippen LogP contribution < -0.4 is 16.4 Å². The maximum atomic E-state index is 12.5. The molecule has 1 amide bonds. The quantitative estimate of drug-likeness (QED) is 0.102. The lowest BCUT2D eigenvalue weighted by molar-refractivity contribution is -0.124. The number of aliphatic hydroxyl groups excluding tert-OH is 4. The Kier molecular flexibility index (Phi) is 7.17. The van der Waals surface area contributed by atoms with Crippen LogP contribution in [0.1, 0.15) is 19.3 Å². The van der Waals surface area contributed by atoms with Gasteiger partial charge in [0.15, 0.2) is 6.23 Å². The predicted molar refractivity (Wildman–Crippen MR) is 90.5 cm³/mol. The number of nitrogens with two attached hydrogens (primary N) is 1. The van der Waals surface area contributed by atoms with Crippen molar-refractivity contribution in [3.05, 3.63) is 11.4 Å². The van der Waals surface area contributed by atoms with Gasteiger partial charge in [-0.05, 0) is 19.3 Å². The largest absolute Gasteiger partial charge is 0.394 e. The average Bonchev–Trinajstić information content (AvgIpc) is 2.93. The normalized spacial score (nSPS) is 29.9. The standard InChI is InChI=1S/C15H27N5O6/c16-9(13(17)20-4-2-1-3-5-20)10(18-7-22)14(25)19-15-12(24)11(23)8(6-21)26-15/h8,11-12,15,17-18,21-24H,1-7,16H2,(H,19,25)/b10-9+,17-13?. The molecule has 11 nitrogen and oxygen atoms in total. The molecule has 2 aliphatic rings. The van der Waals surface area contributed by atoms with Crippen LogP contribution in [0, 0.1) is 5.41 Å². The predicted octanol–water partition coefficient (Wildman–Crippen LogP) is -3.29. The van der Waals surface area contributed by atoms with Crippen LogP contribution in [-0.4, -0.2) is 88.0 Å². The van der Waals surface area contributed by atoms with E-state index in [-0.39, 0.29) is 17.2 Å². The van der Waals surface area contributed by atoms with E-state index >= 15 is 0 Å². The maximum Gasteiger partial charge on any atom is 0.271 e. The summed E-state index contributed by atoms with van der Waals surface area (Å²) in [7, 11) is 0. The van der Waals surface area contributed by atoms with E-state index in [0.29, 0.717) is 13.1 Å². The second-order valence-electron chi connectivity index (χ2n) is 6.25. The van der Waals surface area contributed by atoms with Crippen molar-refractivity contribution >= 4 is 11.7 Å². The van der Waals surface area contributed by atoms with E-state index in [0.717, 1.165) is 19.3 Å². The van der Waals surface area contributed by atoms with E-state index < -0.39 is 43.8 Å². The first kappa shape index (κ1) is 20.4. The van der Waals surface area contributed by atoms with Crippen molar-refractivity contribution in [3.63, 3.8) is 0 Å². The highest BCUT2D eigenvalue weighted by Crippen LogP contribution is 2.20. The van der Waals surface area contributed by atoms with Gasteiger partial charge in [0.05, 0.1) is 6.61 Å². The average molecular weight is 373 g/mol. The molecule has 0 saturated carbocycles. The molecule has 0 aromatic heterocycles. The summed E-state index contributed by atoms with van der Waals surface area (Å²) >= 11 is 0. The zero-order valence-corrected chi connectivity index (χ0v) is 14.4. The lowest BCUT2D eigenvalue weighted by atomic mass is 10.1. The van der Waals surface area contributed by atoms with Gasteiger partial charge in [0.1, 0.15) is 42.3 Å². The molecule has 2 heterocycles. The minimum Gasteiger partial charge on any atom is -0.394 e. The molecule has 2 aliphatic heterocycles. The number of amides is 1. The number of hydrogen-bond acceptors (Lipinski definition) is 9. The minimum atomic E-state index is -1.44. The van der Waals surface area contributed by atoms with Crippen LogP contribution >= 0.6 is 0 Å². The van der Waals surface area contributed by atoms with E-state index in [4.69, 9.17) is 26.1 Å². The Balaban J connectivity index is 2.12. The van der Waals surface area contributed by atoms with Crippen molar-refractivity contribution in [2.24, 2.45) is 5.73 Å². The SMILES string of the molecule is N=C(/C(N)=C(\NCO)C(=O)NC1OC(CO)C(O)C1O)N1CCCCC1. The van der Waals surface area contributed by atoms with Gasteiger partial charge in [-0.2, -0.15) is 0 Å². The molecule has 11 heteroatoms. The van der Waals surface area contributed by atoms with Gasteiger partial charge in [-0.1, -0.05) is 0 Å². The molecule has 9 N–H and O–H groups in total. The summed E-state index contributed by atoms with van der Waals surface area (Å²) in [6.07, 6.45) is -2.16. The summed E-state index contributed by atoms with van der Waals surface area (Å²) < 4.78 is 5.19. The van der Waals surface area contributed by atoms with Crippen LogP contribution in [0.4, 0.5) is 0 Å². The molecular formula is C15H27N5O6. The van der Waals surface area contributed by atoms with Crippen LogP contribution in [0.3, 0.4) is 0 Å². The molecular weight excluding hydrogens is 346 g/mol. The first-order valence-electron chi connectivity index (χ1n) is 8.52. The Morgan fingerprint density at radius 1 is 1.19 bits per heavy atom.